The number of ether oxygens (including phenoxy) is 3. The molecule has 2 heterocycles. The van der Waals surface area contributed by atoms with E-state index in [4.69, 9.17) is 25.1 Å². The summed E-state index contributed by atoms with van der Waals surface area (Å²) in [6.45, 7) is 12.1. The van der Waals surface area contributed by atoms with Crippen LogP contribution < -0.4 is 35.7 Å². The van der Waals surface area contributed by atoms with Crippen molar-refractivity contribution in [1.82, 2.24) is 20.4 Å². The van der Waals surface area contributed by atoms with Gasteiger partial charge in [-0.3, -0.25) is 19.4 Å². The fourth-order valence-electron chi connectivity index (χ4n) is 6.31. The molecule has 51 heavy (non-hydrogen) atoms. The SMILES string of the molecule is C=CCN1CCCC1CNC(=O)c1cc(S(N)(=O)=O)cc(OC)c1OC.CCN1CCCC1CNC(=O)c1cc(S(=O)(=O)CC)c(N)cc1OC. The molecule has 0 aliphatic carbocycles. The van der Waals surface area contributed by atoms with Crippen LogP contribution in [-0.2, 0) is 19.9 Å². The molecular formula is C34H52N6O9S2. The van der Waals surface area contributed by atoms with Gasteiger partial charge in [-0.25, -0.2) is 22.0 Å². The Bertz CT molecular complexity index is 1770. The summed E-state index contributed by atoms with van der Waals surface area (Å²) in [5.41, 5.74) is 6.17. The van der Waals surface area contributed by atoms with Crippen LogP contribution >= 0.6 is 0 Å². The van der Waals surface area contributed by atoms with E-state index in [2.05, 4.69) is 33.9 Å². The Kier molecular flexibility index (Phi) is 15.1. The number of carbonyl (C=O) groups excluding carboxylic acids is 2. The zero-order chi connectivity index (χ0) is 37.9. The van der Waals surface area contributed by atoms with Crippen molar-refractivity contribution in [2.45, 2.75) is 61.4 Å². The van der Waals surface area contributed by atoms with Gasteiger partial charge in [-0.15, -0.1) is 6.58 Å². The minimum atomic E-state index is -4.00. The number of hydrogen-bond acceptors (Lipinski definition) is 12. The second-order valence-corrected chi connectivity index (χ2v) is 16.0. The minimum Gasteiger partial charge on any atom is -0.496 e. The van der Waals surface area contributed by atoms with Gasteiger partial charge < -0.3 is 30.6 Å². The van der Waals surface area contributed by atoms with Gasteiger partial charge in [-0.05, 0) is 57.5 Å². The van der Waals surface area contributed by atoms with Gasteiger partial charge in [0.25, 0.3) is 11.8 Å². The summed E-state index contributed by atoms with van der Waals surface area (Å²) >= 11 is 0. The number of nitrogens with one attached hydrogen (secondary N) is 2. The lowest BCUT2D eigenvalue weighted by Gasteiger charge is -2.23. The van der Waals surface area contributed by atoms with Crippen molar-refractivity contribution in [2.75, 3.05) is 72.1 Å². The first-order valence-electron chi connectivity index (χ1n) is 16.8. The molecule has 0 radical (unpaired) electrons. The zero-order valence-corrected chi connectivity index (χ0v) is 31.7. The molecule has 0 aromatic heterocycles. The molecule has 2 fully saturated rings. The Morgan fingerprint density at radius 3 is 1.94 bits per heavy atom. The summed E-state index contributed by atoms with van der Waals surface area (Å²) in [5, 5.41) is 10.9. The first kappa shape index (κ1) is 41.5. The molecule has 4 rings (SSSR count). The molecule has 2 aliphatic rings. The van der Waals surface area contributed by atoms with Gasteiger partial charge >= 0.3 is 0 Å². The summed E-state index contributed by atoms with van der Waals surface area (Å²) < 4.78 is 63.4. The zero-order valence-electron chi connectivity index (χ0n) is 30.1. The highest BCUT2D eigenvalue weighted by atomic mass is 32.2. The number of methoxy groups -OCH3 is 3. The van der Waals surface area contributed by atoms with Gasteiger partial charge in [0, 0.05) is 43.9 Å². The van der Waals surface area contributed by atoms with Crippen molar-refractivity contribution >= 4 is 37.4 Å². The number of rotatable bonds is 15. The number of sulfone groups is 1. The van der Waals surface area contributed by atoms with Crippen LogP contribution in [0.1, 0.15) is 60.2 Å². The molecule has 2 unspecified atom stereocenters. The van der Waals surface area contributed by atoms with Crippen LogP contribution in [0.2, 0.25) is 0 Å². The van der Waals surface area contributed by atoms with Crippen LogP contribution in [0, 0.1) is 0 Å². The molecule has 284 valence electrons. The first-order valence-corrected chi connectivity index (χ1v) is 20.0. The van der Waals surface area contributed by atoms with Gasteiger partial charge in [0.2, 0.25) is 10.0 Å². The van der Waals surface area contributed by atoms with E-state index in [0.29, 0.717) is 19.1 Å². The number of hydrogen-bond donors (Lipinski definition) is 4. The molecule has 2 amide bonds. The van der Waals surface area contributed by atoms with Crippen LogP contribution in [-0.4, -0.2) is 117 Å². The van der Waals surface area contributed by atoms with Crippen LogP contribution in [0.5, 0.6) is 17.2 Å². The average Bonchev–Trinajstić information content (AvgIpc) is 3.77. The van der Waals surface area contributed by atoms with Crippen molar-refractivity contribution in [3.8, 4) is 17.2 Å². The Balaban J connectivity index is 0.000000276. The molecular weight excluding hydrogens is 701 g/mol. The Labute approximate surface area is 301 Å². The number of anilines is 1. The molecule has 0 bridgehead atoms. The normalized spacial score (nSPS) is 18.0. The van der Waals surface area contributed by atoms with E-state index in [0.717, 1.165) is 51.9 Å². The monoisotopic (exact) mass is 752 g/mol. The van der Waals surface area contributed by atoms with E-state index in [1.54, 1.807) is 0 Å². The number of nitrogen functional groups attached to an aromatic ring is 1. The Hall–Kier alpha value is -3.90. The van der Waals surface area contributed by atoms with Gasteiger partial charge in [-0.2, -0.15) is 0 Å². The lowest BCUT2D eigenvalue weighted by molar-refractivity contribution is 0.0930. The molecule has 0 saturated carbocycles. The second kappa shape index (κ2) is 18.5. The van der Waals surface area contributed by atoms with E-state index in [9.17, 15) is 26.4 Å². The number of likely N-dealkylation sites (tertiary alicyclic amines) is 2. The van der Waals surface area contributed by atoms with Crippen molar-refractivity contribution in [3.63, 3.8) is 0 Å². The number of benzene rings is 2. The van der Waals surface area contributed by atoms with Gasteiger partial charge in [0.05, 0.1) is 53.7 Å². The molecule has 2 saturated heterocycles. The number of likely N-dealkylation sites (N-methyl/N-ethyl adjacent to an activating group) is 1. The number of nitrogens with zero attached hydrogens (tertiary/aromatic N) is 2. The van der Waals surface area contributed by atoms with E-state index in [1.165, 1.54) is 52.5 Å². The van der Waals surface area contributed by atoms with E-state index < -0.39 is 25.8 Å². The summed E-state index contributed by atoms with van der Waals surface area (Å²) in [4.78, 5) is 29.6. The maximum atomic E-state index is 12.7. The van der Waals surface area contributed by atoms with Crippen molar-refractivity contribution in [2.24, 2.45) is 5.14 Å². The summed E-state index contributed by atoms with van der Waals surface area (Å²) in [5.74, 6) is -0.338. The fourth-order valence-corrected chi connectivity index (χ4v) is 7.89. The number of amides is 2. The predicted octanol–water partition coefficient (Wildman–Crippen LogP) is 2.02. The van der Waals surface area contributed by atoms with Gasteiger partial charge in [0.1, 0.15) is 5.75 Å². The molecule has 2 aromatic rings. The highest BCUT2D eigenvalue weighted by Crippen LogP contribution is 2.34. The summed E-state index contributed by atoms with van der Waals surface area (Å²) in [7, 11) is -3.35. The highest BCUT2D eigenvalue weighted by molar-refractivity contribution is 7.91. The quantitative estimate of drug-likeness (QED) is 0.152. The van der Waals surface area contributed by atoms with Crippen molar-refractivity contribution < 1.29 is 40.6 Å². The first-order chi connectivity index (χ1) is 24.1. The van der Waals surface area contributed by atoms with Crippen molar-refractivity contribution in [3.05, 3.63) is 48.0 Å². The van der Waals surface area contributed by atoms with Gasteiger partial charge in [0.15, 0.2) is 21.3 Å². The number of sulfonamides is 1. The molecule has 6 N–H and O–H groups in total. The lowest BCUT2D eigenvalue weighted by Crippen LogP contribution is -2.40. The lowest BCUT2D eigenvalue weighted by atomic mass is 10.1. The molecule has 2 aromatic carbocycles. The molecule has 2 atom stereocenters. The smallest absolute Gasteiger partial charge is 0.255 e. The van der Waals surface area contributed by atoms with Gasteiger partial charge in [-0.1, -0.05) is 19.9 Å². The maximum Gasteiger partial charge on any atom is 0.255 e. The standard InChI is InChI=1S/C17H25N3O5S.C17H27N3O4S/c1-4-7-20-8-5-6-12(20)11-19-17(21)14-9-13(26(18,22)23)10-15(24-2)16(14)25-3;1-4-20-8-6-7-12(20)11-19-17(21)13-9-16(25(22,23)5-2)14(18)10-15(13)24-3/h4,9-10,12H,1,5-8,11H2,2-3H3,(H,19,21)(H2,18,22,23);9-10,12H,4-8,11,18H2,1-3H3,(H,19,21). The minimum absolute atomic E-state index is 0.0306. The van der Waals surface area contributed by atoms with E-state index in [-0.39, 0.29) is 61.6 Å². The Morgan fingerprint density at radius 2 is 1.43 bits per heavy atom. The maximum absolute atomic E-state index is 12.7. The number of carbonyl (C=O) groups is 2. The highest BCUT2D eigenvalue weighted by Gasteiger charge is 2.28. The Morgan fingerprint density at radius 1 is 0.863 bits per heavy atom. The average molecular weight is 753 g/mol. The van der Waals surface area contributed by atoms with Crippen LogP contribution in [0.3, 0.4) is 0 Å². The van der Waals surface area contributed by atoms with E-state index >= 15 is 0 Å². The molecule has 2 aliphatic heterocycles. The summed E-state index contributed by atoms with van der Waals surface area (Å²) in [6.07, 6.45) is 6.04. The van der Waals surface area contributed by atoms with Crippen LogP contribution in [0.4, 0.5) is 5.69 Å². The summed E-state index contributed by atoms with van der Waals surface area (Å²) in [6, 6.07) is 5.66. The largest absolute Gasteiger partial charge is 0.496 e. The number of primary sulfonamides is 1. The van der Waals surface area contributed by atoms with Crippen LogP contribution in [0.25, 0.3) is 0 Å². The third-order valence-electron chi connectivity index (χ3n) is 9.08. The number of nitrogens with two attached hydrogens (primary N) is 2. The van der Waals surface area contributed by atoms with Crippen molar-refractivity contribution in [1.29, 1.82) is 0 Å². The fraction of sp³-hybridized carbons (Fsp3) is 0.529. The second-order valence-electron chi connectivity index (χ2n) is 12.2. The predicted molar refractivity (Wildman–Crippen MR) is 196 cm³/mol. The van der Waals surface area contributed by atoms with E-state index in [1.807, 2.05) is 6.08 Å². The molecule has 0 spiro atoms. The third kappa shape index (κ3) is 10.6. The topological polar surface area (TPSA) is 213 Å². The van der Waals surface area contributed by atoms with Crippen LogP contribution in [0.15, 0.2) is 46.7 Å². The molecule has 17 heteroatoms. The third-order valence-corrected chi connectivity index (χ3v) is 11.8. The molecule has 15 nitrogen and oxygen atoms in total.